The molecule has 27 heavy (non-hydrogen) atoms. The molecule has 144 valence electrons. The van der Waals surface area contributed by atoms with Crippen LogP contribution in [0.15, 0.2) is 39.9 Å². The van der Waals surface area contributed by atoms with Crippen LogP contribution in [0.25, 0.3) is 0 Å². The average Bonchev–Trinajstić information content (AvgIpc) is 2.64. The largest absolute Gasteiger partial charge is 0.496 e. The van der Waals surface area contributed by atoms with Crippen LogP contribution < -0.4 is 19.6 Å². The van der Waals surface area contributed by atoms with Crippen LogP contribution >= 0.6 is 15.9 Å². The molecule has 0 heterocycles. The molecule has 0 unspecified atom stereocenters. The molecule has 0 saturated heterocycles. The maximum Gasteiger partial charge on any atom is 0.275 e. The second-order valence-corrected chi connectivity index (χ2v) is 6.45. The lowest BCUT2D eigenvalue weighted by Gasteiger charge is -2.13. The Bertz CT molecular complexity index is 837. The van der Waals surface area contributed by atoms with E-state index in [0.29, 0.717) is 36.0 Å². The molecular formula is C20H23BrN2O4. The van der Waals surface area contributed by atoms with Gasteiger partial charge in [0.25, 0.3) is 5.91 Å². The summed E-state index contributed by atoms with van der Waals surface area (Å²) in [7, 11) is 1.53. The number of hydrogen-bond donors (Lipinski definition) is 1. The molecule has 6 nitrogen and oxygen atoms in total. The monoisotopic (exact) mass is 434 g/mol. The molecule has 0 bridgehead atoms. The van der Waals surface area contributed by atoms with Gasteiger partial charge < -0.3 is 14.2 Å². The molecule has 0 spiro atoms. The fraction of sp³-hybridized carbons (Fsp3) is 0.300. The van der Waals surface area contributed by atoms with Crippen molar-refractivity contribution in [3.63, 3.8) is 0 Å². The molecule has 2 aromatic rings. The zero-order valence-electron chi connectivity index (χ0n) is 15.8. The Morgan fingerprint density at radius 1 is 1.15 bits per heavy atom. The van der Waals surface area contributed by atoms with E-state index in [1.165, 1.54) is 7.11 Å². The first-order valence-electron chi connectivity index (χ1n) is 8.57. The lowest BCUT2D eigenvalue weighted by molar-refractivity contribution is 0.0952. The minimum absolute atomic E-state index is 0.349. The fourth-order valence-electron chi connectivity index (χ4n) is 2.42. The van der Waals surface area contributed by atoms with E-state index in [1.54, 1.807) is 24.4 Å². The highest BCUT2D eigenvalue weighted by Gasteiger charge is 2.13. The number of halogens is 1. The number of ether oxygens (including phenoxy) is 3. The van der Waals surface area contributed by atoms with Gasteiger partial charge in [0.15, 0.2) is 11.5 Å². The summed E-state index contributed by atoms with van der Waals surface area (Å²) in [6, 6.07) is 9.01. The lowest BCUT2D eigenvalue weighted by Crippen LogP contribution is -2.18. The second-order valence-electron chi connectivity index (χ2n) is 5.60. The Kier molecular flexibility index (Phi) is 7.67. The Labute approximate surface area is 167 Å². The number of hydrazone groups is 1. The van der Waals surface area contributed by atoms with Gasteiger partial charge in [-0.3, -0.25) is 4.79 Å². The Balaban J connectivity index is 2.17. The molecule has 0 aromatic heterocycles. The number of nitrogens with one attached hydrogen (secondary N) is 1. The van der Waals surface area contributed by atoms with Crippen LogP contribution in [0, 0.1) is 6.92 Å². The van der Waals surface area contributed by atoms with Crippen LogP contribution in [-0.4, -0.2) is 32.4 Å². The van der Waals surface area contributed by atoms with Gasteiger partial charge >= 0.3 is 0 Å². The smallest absolute Gasteiger partial charge is 0.275 e. The predicted octanol–water partition coefficient (Wildman–Crippen LogP) is 4.33. The van der Waals surface area contributed by atoms with E-state index in [0.717, 1.165) is 15.6 Å². The number of amides is 1. The van der Waals surface area contributed by atoms with Crippen LogP contribution in [0.3, 0.4) is 0 Å². The molecule has 0 fully saturated rings. The molecule has 0 saturated carbocycles. The van der Waals surface area contributed by atoms with Crippen molar-refractivity contribution >= 4 is 28.1 Å². The number of carbonyl (C=O) groups excluding carboxylic acids is 1. The van der Waals surface area contributed by atoms with Crippen molar-refractivity contribution in [3.05, 3.63) is 51.5 Å². The van der Waals surface area contributed by atoms with Crippen LogP contribution in [-0.2, 0) is 0 Å². The SMILES string of the molecule is CCOc1cc(/C=N\NC(=O)c2ccc(C)cc2OC)cc(Br)c1OCC. The number of methoxy groups -OCH3 is 1. The molecule has 0 radical (unpaired) electrons. The summed E-state index contributed by atoms with van der Waals surface area (Å²) in [5.74, 6) is 1.41. The Hall–Kier alpha value is -2.54. The third kappa shape index (κ3) is 5.47. The first-order valence-corrected chi connectivity index (χ1v) is 9.36. The van der Waals surface area contributed by atoms with E-state index in [2.05, 4.69) is 26.5 Å². The van der Waals surface area contributed by atoms with Gasteiger partial charge in [-0.1, -0.05) is 6.07 Å². The number of nitrogens with zero attached hydrogens (tertiary/aromatic N) is 1. The summed E-state index contributed by atoms with van der Waals surface area (Å²) in [6.07, 6.45) is 1.54. The summed E-state index contributed by atoms with van der Waals surface area (Å²) >= 11 is 3.48. The molecule has 1 amide bonds. The highest BCUT2D eigenvalue weighted by Crippen LogP contribution is 2.36. The summed E-state index contributed by atoms with van der Waals surface area (Å²) in [4.78, 5) is 12.3. The Morgan fingerprint density at radius 2 is 1.89 bits per heavy atom. The molecule has 1 N–H and O–H groups in total. The van der Waals surface area contributed by atoms with Gasteiger partial charge in [-0.05, 0) is 72.1 Å². The molecule has 7 heteroatoms. The molecule has 2 aromatic carbocycles. The summed E-state index contributed by atoms with van der Waals surface area (Å²) < 4.78 is 17.2. The first kappa shape index (κ1) is 20.8. The van der Waals surface area contributed by atoms with E-state index in [9.17, 15) is 4.79 Å². The minimum Gasteiger partial charge on any atom is -0.496 e. The van der Waals surface area contributed by atoms with Gasteiger partial charge in [0.2, 0.25) is 0 Å². The number of aryl methyl sites for hydroxylation is 1. The number of hydrogen-bond acceptors (Lipinski definition) is 5. The Morgan fingerprint density at radius 3 is 2.56 bits per heavy atom. The van der Waals surface area contributed by atoms with E-state index in [1.807, 2.05) is 32.9 Å². The summed E-state index contributed by atoms with van der Waals surface area (Å²) in [5.41, 5.74) is 4.70. The fourth-order valence-corrected chi connectivity index (χ4v) is 3.00. The van der Waals surface area contributed by atoms with Crippen molar-refractivity contribution in [2.45, 2.75) is 20.8 Å². The van der Waals surface area contributed by atoms with E-state index < -0.39 is 0 Å². The van der Waals surface area contributed by atoms with Gasteiger partial charge in [-0.25, -0.2) is 5.43 Å². The van der Waals surface area contributed by atoms with Crippen molar-refractivity contribution in [2.24, 2.45) is 5.10 Å². The maximum absolute atomic E-state index is 12.3. The number of carbonyl (C=O) groups is 1. The zero-order chi connectivity index (χ0) is 19.8. The third-order valence-corrected chi connectivity index (χ3v) is 4.19. The topological polar surface area (TPSA) is 69.2 Å². The zero-order valence-corrected chi connectivity index (χ0v) is 17.4. The predicted molar refractivity (Wildman–Crippen MR) is 109 cm³/mol. The van der Waals surface area contributed by atoms with Gasteiger partial charge in [-0.15, -0.1) is 0 Å². The van der Waals surface area contributed by atoms with Gasteiger partial charge in [-0.2, -0.15) is 5.10 Å². The van der Waals surface area contributed by atoms with Crippen LogP contribution in [0.4, 0.5) is 0 Å². The highest BCUT2D eigenvalue weighted by atomic mass is 79.9. The molecule has 0 aliphatic carbocycles. The van der Waals surface area contributed by atoms with E-state index in [4.69, 9.17) is 14.2 Å². The van der Waals surface area contributed by atoms with E-state index in [-0.39, 0.29) is 5.91 Å². The van der Waals surface area contributed by atoms with Crippen molar-refractivity contribution in [1.82, 2.24) is 5.43 Å². The lowest BCUT2D eigenvalue weighted by atomic mass is 10.1. The summed E-state index contributed by atoms with van der Waals surface area (Å²) in [6.45, 7) is 6.78. The van der Waals surface area contributed by atoms with Crippen molar-refractivity contribution in [3.8, 4) is 17.2 Å². The van der Waals surface area contributed by atoms with Crippen molar-refractivity contribution in [1.29, 1.82) is 0 Å². The quantitative estimate of drug-likeness (QED) is 0.495. The second kappa shape index (κ2) is 9.97. The van der Waals surface area contributed by atoms with Gasteiger partial charge in [0.05, 0.1) is 36.6 Å². The van der Waals surface area contributed by atoms with Gasteiger partial charge in [0.1, 0.15) is 5.75 Å². The molecule has 0 atom stereocenters. The van der Waals surface area contributed by atoms with E-state index >= 15 is 0 Å². The molecular weight excluding hydrogens is 412 g/mol. The van der Waals surface area contributed by atoms with Crippen LogP contribution in [0.1, 0.15) is 35.3 Å². The third-order valence-electron chi connectivity index (χ3n) is 3.60. The minimum atomic E-state index is -0.349. The molecule has 2 rings (SSSR count). The molecule has 0 aliphatic heterocycles. The standard InChI is InChI=1S/C20H23BrN2O4/c1-5-26-18-11-14(10-16(21)19(18)27-6-2)12-22-23-20(24)15-8-7-13(3)9-17(15)25-4/h7-12H,5-6H2,1-4H3,(H,23,24)/b22-12-. The van der Waals surface area contributed by atoms with Crippen LogP contribution in [0.5, 0.6) is 17.2 Å². The highest BCUT2D eigenvalue weighted by molar-refractivity contribution is 9.10. The normalized spacial score (nSPS) is 10.7. The number of benzene rings is 2. The van der Waals surface area contributed by atoms with Crippen LogP contribution in [0.2, 0.25) is 0 Å². The molecule has 0 aliphatic rings. The first-order chi connectivity index (χ1) is 13.0. The average molecular weight is 435 g/mol. The maximum atomic E-state index is 12.3. The van der Waals surface area contributed by atoms with Gasteiger partial charge in [0, 0.05) is 0 Å². The van der Waals surface area contributed by atoms with Crippen molar-refractivity contribution < 1.29 is 19.0 Å². The van der Waals surface area contributed by atoms with Crippen molar-refractivity contribution in [2.75, 3.05) is 20.3 Å². The number of rotatable bonds is 8. The summed E-state index contributed by atoms with van der Waals surface area (Å²) in [5, 5.41) is 4.04.